The first kappa shape index (κ1) is 29.0. The lowest BCUT2D eigenvalue weighted by atomic mass is 9.98. The quantitative estimate of drug-likeness (QED) is 0.134. The van der Waals surface area contributed by atoms with Gasteiger partial charge in [-0.3, -0.25) is 0 Å². The first-order valence-corrected chi connectivity index (χ1v) is 13.4. The molecule has 3 nitrogen and oxygen atoms in total. The van der Waals surface area contributed by atoms with E-state index in [1.165, 1.54) is 18.2 Å². The SMILES string of the molecule is C=CCCCOc1ccc(-c2ccc(OCc3ccc(-c4ccc(C(O)CCC)cc4)c(F)c3F)cc2)c(F)c1. The molecule has 4 rings (SSSR count). The molecule has 208 valence electrons. The lowest BCUT2D eigenvalue weighted by molar-refractivity contribution is 0.166. The minimum absolute atomic E-state index is 0.0787. The lowest BCUT2D eigenvalue weighted by Crippen LogP contribution is -2.02. The van der Waals surface area contributed by atoms with Gasteiger partial charge in [0, 0.05) is 22.8 Å². The van der Waals surface area contributed by atoms with Crippen LogP contribution in [0.4, 0.5) is 13.2 Å². The Hall–Kier alpha value is -4.03. The van der Waals surface area contributed by atoms with Gasteiger partial charge in [0.1, 0.15) is 23.9 Å². The summed E-state index contributed by atoms with van der Waals surface area (Å²) in [5.41, 5.74) is 2.55. The summed E-state index contributed by atoms with van der Waals surface area (Å²) in [6.45, 7) is 5.97. The summed E-state index contributed by atoms with van der Waals surface area (Å²) in [6.07, 6.45) is 4.36. The van der Waals surface area contributed by atoms with Crippen molar-refractivity contribution in [3.05, 3.63) is 120 Å². The molecule has 1 unspecified atom stereocenters. The molecule has 1 atom stereocenters. The summed E-state index contributed by atoms with van der Waals surface area (Å²) in [5.74, 6) is -1.43. The Morgan fingerprint density at radius 3 is 2.12 bits per heavy atom. The number of allylic oxidation sites excluding steroid dienone is 1. The van der Waals surface area contributed by atoms with Crippen molar-refractivity contribution >= 4 is 0 Å². The molecule has 1 N–H and O–H groups in total. The largest absolute Gasteiger partial charge is 0.493 e. The molecule has 4 aromatic rings. The van der Waals surface area contributed by atoms with E-state index in [0.717, 1.165) is 24.8 Å². The van der Waals surface area contributed by atoms with E-state index < -0.39 is 23.6 Å². The standard InChI is InChI=1S/C34H33F3O3/c1-3-5-6-20-39-28-17-19-29(31(35)21-28)23-12-15-27(16-13-23)40-22-26-14-18-30(34(37)33(26)36)24-8-10-25(11-9-24)32(38)7-4-2/h3,8-19,21,32,38H,1,4-7,20,22H2,2H3. The van der Waals surface area contributed by atoms with E-state index >= 15 is 0 Å². The Morgan fingerprint density at radius 1 is 0.800 bits per heavy atom. The van der Waals surface area contributed by atoms with E-state index in [2.05, 4.69) is 6.58 Å². The van der Waals surface area contributed by atoms with Gasteiger partial charge in [-0.2, -0.15) is 0 Å². The number of hydrogen-bond acceptors (Lipinski definition) is 3. The van der Waals surface area contributed by atoms with Crippen LogP contribution >= 0.6 is 0 Å². The molecule has 0 amide bonds. The lowest BCUT2D eigenvalue weighted by Gasteiger charge is -2.13. The summed E-state index contributed by atoms with van der Waals surface area (Å²) in [7, 11) is 0. The average Bonchev–Trinajstić information content (AvgIpc) is 2.97. The molecule has 4 aromatic carbocycles. The first-order valence-electron chi connectivity index (χ1n) is 13.4. The van der Waals surface area contributed by atoms with Gasteiger partial charge in [-0.15, -0.1) is 6.58 Å². The highest BCUT2D eigenvalue weighted by molar-refractivity contribution is 5.66. The van der Waals surface area contributed by atoms with Gasteiger partial charge < -0.3 is 14.6 Å². The van der Waals surface area contributed by atoms with Crippen LogP contribution in [0.5, 0.6) is 11.5 Å². The second-order valence-corrected chi connectivity index (χ2v) is 9.56. The molecule has 40 heavy (non-hydrogen) atoms. The molecule has 0 aromatic heterocycles. The highest BCUT2D eigenvalue weighted by Gasteiger charge is 2.16. The fourth-order valence-electron chi connectivity index (χ4n) is 4.38. The monoisotopic (exact) mass is 546 g/mol. The maximum absolute atomic E-state index is 14.9. The summed E-state index contributed by atoms with van der Waals surface area (Å²) >= 11 is 0. The number of hydrogen-bond donors (Lipinski definition) is 1. The van der Waals surface area contributed by atoms with Crippen molar-refractivity contribution in [2.45, 2.75) is 45.3 Å². The number of ether oxygens (including phenoxy) is 2. The normalized spacial score (nSPS) is 11.7. The van der Waals surface area contributed by atoms with Crippen molar-refractivity contribution in [2.75, 3.05) is 6.61 Å². The van der Waals surface area contributed by atoms with Gasteiger partial charge in [0.05, 0.1) is 12.7 Å². The number of aliphatic hydroxyl groups excluding tert-OH is 1. The number of unbranched alkanes of at least 4 members (excludes halogenated alkanes) is 1. The number of halogens is 3. The van der Waals surface area contributed by atoms with Gasteiger partial charge in [0.15, 0.2) is 11.6 Å². The van der Waals surface area contributed by atoms with Crippen molar-refractivity contribution in [3.63, 3.8) is 0 Å². The van der Waals surface area contributed by atoms with Crippen LogP contribution in [0.2, 0.25) is 0 Å². The van der Waals surface area contributed by atoms with Crippen LogP contribution in [0.3, 0.4) is 0 Å². The molecule has 0 aliphatic heterocycles. The molecule has 0 heterocycles. The smallest absolute Gasteiger partial charge is 0.167 e. The molecule has 0 fully saturated rings. The van der Waals surface area contributed by atoms with Crippen LogP contribution < -0.4 is 9.47 Å². The first-order chi connectivity index (χ1) is 19.4. The third kappa shape index (κ3) is 7.13. The van der Waals surface area contributed by atoms with Gasteiger partial charge in [-0.1, -0.05) is 68.0 Å². The van der Waals surface area contributed by atoms with Gasteiger partial charge in [-0.05, 0) is 60.2 Å². The van der Waals surface area contributed by atoms with Crippen LogP contribution in [-0.2, 0) is 6.61 Å². The molecule has 0 radical (unpaired) electrons. The minimum atomic E-state index is -0.974. The molecule has 0 bridgehead atoms. The molecule has 0 aliphatic rings. The molecular weight excluding hydrogens is 513 g/mol. The third-order valence-corrected chi connectivity index (χ3v) is 6.65. The van der Waals surface area contributed by atoms with Crippen molar-refractivity contribution in [1.82, 2.24) is 0 Å². The van der Waals surface area contributed by atoms with Crippen LogP contribution in [0, 0.1) is 17.5 Å². The minimum Gasteiger partial charge on any atom is -0.493 e. The summed E-state index contributed by atoms with van der Waals surface area (Å²) in [5, 5.41) is 10.1. The van der Waals surface area contributed by atoms with E-state index in [1.54, 1.807) is 60.7 Å². The second-order valence-electron chi connectivity index (χ2n) is 9.56. The van der Waals surface area contributed by atoms with Crippen LogP contribution in [0.25, 0.3) is 22.3 Å². The van der Waals surface area contributed by atoms with Crippen molar-refractivity contribution in [3.8, 4) is 33.8 Å². The summed E-state index contributed by atoms with van der Waals surface area (Å²) < 4.78 is 55.8. The van der Waals surface area contributed by atoms with E-state index in [1.807, 2.05) is 13.0 Å². The van der Waals surface area contributed by atoms with Gasteiger partial charge in [-0.25, -0.2) is 13.2 Å². The Labute approximate surface area is 233 Å². The van der Waals surface area contributed by atoms with E-state index in [9.17, 15) is 18.3 Å². The van der Waals surface area contributed by atoms with Crippen LogP contribution in [0.15, 0.2) is 91.5 Å². The zero-order valence-electron chi connectivity index (χ0n) is 22.5. The number of rotatable bonds is 13. The van der Waals surface area contributed by atoms with Gasteiger partial charge >= 0.3 is 0 Å². The van der Waals surface area contributed by atoms with Crippen LogP contribution in [-0.4, -0.2) is 11.7 Å². The highest BCUT2D eigenvalue weighted by atomic mass is 19.2. The Morgan fingerprint density at radius 2 is 1.45 bits per heavy atom. The molecule has 6 heteroatoms. The van der Waals surface area contributed by atoms with Crippen molar-refractivity contribution in [1.29, 1.82) is 0 Å². The van der Waals surface area contributed by atoms with E-state index in [4.69, 9.17) is 9.47 Å². The van der Waals surface area contributed by atoms with Gasteiger partial charge in [0.25, 0.3) is 0 Å². The van der Waals surface area contributed by atoms with Crippen molar-refractivity contribution < 1.29 is 27.8 Å². The highest BCUT2D eigenvalue weighted by Crippen LogP contribution is 2.30. The Bertz CT molecular complexity index is 1420. The predicted octanol–water partition coefficient (Wildman–Crippen LogP) is 9.20. The third-order valence-electron chi connectivity index (χ3n) is 6.65. The Balaban J connectivity index is 1.39. The zero-order valence-corrected chi connectivity index (χ0v) is 22.5. The molecular formula is C34H33F3O3. The van der Waals surface area contributed by atoms with E-state index in [0.29, 0.717) is 41.2 Å². The molecule has 0 spiro atoms. The maximum Gasteiger partial charge on any atom is 0.167 e. The second kappa shape index (κ2) is 13.9. The van der Waals surface area contributed by atoms with Gasteiger partial charge in [0.2, 0.25) is 0 Å². The average molecular weight is 547 g/mol. The summed E-state index contributed by atoms with van der Waals surface area (Å²) in [4.78, 5) is 0. The fraction of sp³-hybridized carbons (Fsp3) is 0.235. The zero-order chi connectivity index (χ0) is 28.5. The topological polar surface area (TPSA) is 38.7 Å². The molecule has 0 saturated heterocycles. The maximum atomic E-state index is 14.9. The predicted molar refractivity (Wildman–Crippen MR) is 153 cm³/mol. The summed E-state index contributed by atoms with van der Waals surface area (Å²) in [6, 6.07) is 21.3. The fourth-order valence-corrected chi connectivity index (χ4v) is 4.38. The molecule has 0 saturated carbocycles. The molecule has 0 aliphatic carbocycles. The van der Waals surface area contributed by atoms with Crippen LogP contribution in [0.1, 0.15) is 49.8 Å². The Kier molecular flexibility index (Phi) is 10.0. The van der Waals surface area contributed by atoms with Crippen molar-refractivity contribution in [2.24, 2.45) is 0 Å². The number of benzene rings is 4. The number of aliphatic hydroxyl groups is 1. The van der Waals surface area contributed by atoms with E-state index in [-0.39, 0.29) is 17.7 Å².